The van der Waals surface area contributed by atoms with E-state index in [1.807, 2.05) is 4.90 Å². The average Bonchev–Trinajstić information content (AvgIpc) is 2.91. The summed E-state index contributed by atoms with van der Waals surface area (Å²) in [5, 5.41) is 3.41. The number of nitrogens with zero attached hydrogens (tertiary/aromatic N) is 1. The van der Waals surface area contributed by atoms with Crippen molar-refractivity contribution in [1.82, 2.24) is 10.2 Å². The highest BCUT2D eigenvalue weighted by molar-refractivity contribution is 5.92. The molecule has 2 aliphatic rings. The molecule has 0 radical (unpaired) electrons. The molecule has 1 aliphatic carbocycles. The van der Waals surface area contributed by atoms with E-state index < -0.39 is 0 Å². The molecule has 0 spiro atoms. The summed E-state index contributed by atoms with van der Waals surface area (Å²) in [5.74, 6) is 0.426. The van der Waals surface area contributed by atoms with Crippen LogP contribution in [0.25, 0.3) is 0 Å². The Morgan fingerprint density at radius 3 is 3.06 bits per heavy atom. The van der Waals surface area contributed by atoms with E-state index in [-0.39, 0.29) is 5.91 Å². The minimum atomic E-state index is -0.00843. The van der Waals surface area contributed by atoms with Crippen molar-refractivity contribution < 1.29 is 9.21 Å². The Balaban J connectivity index is 1.89. The Bertz CT molecular complexity index is 444. The van der Waals surface area contributed by atoms with Gasteiger partial charge >= 0.3 is 0 Å². The first-order valence-electron chi connectivity index (χ1n) is 6.17. The Morgan fingerprint density at radius 2 is 2.24 bits per heavy atom. The highest BCUT2D eigenvalue weighted by Crippen LogP contribution is 2.28. The molecule has 0 bridgehead atoms. The van der Waals surface area contributed by atoms with Crippen LogP contribution in [-0.4, -0.2) is 23.9 Å². The summed E-state index contributed by atoms with van der Waals surface area (Å²) in [5.41, 5.74) is 2.42. The van der Waals surface area contributed by atoms with Crippen molar-refractivity contribution in [2.24, 2.45) is 0 Å². The topological polar surface area (TPSA) is 45.5 Å². The van der Waals surface area contributed by atoms with E-state index in [9.17, 15) is 4.79 Å². The van der Waals surface area contributed by atoms with Gasteiger partial charge in [-0.25, -0.2) is 0 Å². The van der Waals surface area contributed by atoms with Crippen molar-refractivity contribution in [2.75, 3.05) is 13.1 Å². The number of hydrogen-bond donors (Lipinski definition) is 1. The van der Waals surface area contributed by atoms with Gasteiger partial charge in [-0.05, 0) is 37.8 Å². The van der Waals surface area contributed by atoms with Crippen LogP contribution in [-0.2, 0) is 0 Å². The fourth-order valence-corrected chi connectivity index (χ4v) is 2.59. The SMILES string of the molecule is O=C(c1ccco1)N1CCNC2=C1CCCC2. The predicted octanol–water partition coefficient (Wildman–Crippen LogP) is 2.11. The van der Waals surface area contributed by atoms with Crippen LogP contribution < -0.4 is 5.32 Å². The van der Waals surface area contributed by atoms with Crippen LogP contribution in [0.3, 0.4) is 0 Å². The normalized spacial score (nSPS) is 19.9. The third-order valence-electron chi connectivity index (χ3n) is 3.42. The van der Waals surface area contributed by atoms with Gasteiger partial charge in [-0.3, -0.25) is 4.79 Å². The summed E-state index contributed by atoms with van der Waals surface area (Å²) >= 11 is 0. The molecule has 1 amide bonds. The van der Waals surface area contributed by atoms with Gasteiger partial charge < -0.3 is 14.6 Å². The summed E-state index contributed by atoms with van der Waals surface area (Å²) < 4.78 is 5.19. The number of rotatable bonds is 1. The summed E-state index contributed by atoms with van der Waals surface area (Å²) in [4.78, 5) is 14.2. The van der Waals surface area contributed by atoms with E-state index in [2.05, 4.69) is 5.32 Å². The largest absolute Gasteiger partial charge is 0.459 e. The van der Waals surface area contributed by atoms with Gasteiger partial charge in [-0.1, -0.05) is 0 Å². The summed E-state index contributed by atoms with van der Waals surface area (Å²) in [7, 11) is 0. The van der Waals surface area contributed by atoms with Gasteiger partial charge in [0.15, 0.2) is 5.76 Å². The molecule has 1 N–H and O–H groups in total. The van der Waals surface area contributed by atoms with E-state index >= 15 is 0 Å². The van der Waals surface area contributed by atoms with Gasteiger partial charge in [-0.2, -0.15) is 0 Å². The molecule has 0 saturated heterocycles. The van der Waals surface area contributed by atoms with Gasteiger partial charge in [0.2, 0.25) is 0 Å². The van der Waals surface area contributed by atoms with Crippen LogP contribution >= 0.6 is 0 Å². The Morgan fingerprint density at radius 1 is 1.35 bits per heavy atom. The molecule has 1 aromatic rings. The van der Waals surface area contributed by atoms with Gasteiger partial charge in [-0.15, -0.1) is 0 Å². The molecule has 3 rings (SSSR count). The van der Waals surface area contributed by atoms with Crippen molar-refractivity contribution >= 4 is 5.91 Å². The van der Waals surface area contributed by atoms with Crippen LogP contribution in [0, 0.1) is 0 Å². The molecule has 1 aromatic heterocycles. The smallest absolute Gasteiger partial charge is 0.293 e. The van der Waals surface area contributed by atoms with Gasteiger partial charge in [0.05, 0.1) is 6.26 Å². The van der Waals surface area contributed by atoms with Crippen molar-refractivity contribution in [3.05, 3.63) is 35.6 Å². The highest BCUT2D eigenvalue weighted by atomic mass is 16.3. The Kier molecular flexibility index (Phi) is 2.63. The first kappa shape index (κ1) is 10.4. The molecule has 0 unspecified atom stereocenters. The second-order valence-corrected chi connectivity index (χ2v) is 4.49. The van der Waals surface area contributed by atoms with Crippen LogP contribution in [0.4, 0.5) is 0 Å². The summed E-state index contributed by atoms with van der Waals surface area (Å²) in [6, 6.07) is 3.49. The van der Waals surface area contributed by atoms with Crippen molar-refractivity contribution in [3.8, 4) is 0 Å². The minimum absolute atomic E-state index is 0.00843. The lowest BCUT2D eigenvalue weighted by molar-refractivity contribution is 0.0754. The van der Waals surface area contributed by atoms with Gasteiger partial charge in [0.1, 0.15) is 0 Å². The molecule has 2 heterocycles. The quantitative estimate of drug-likeness (QED) is 0.806. The molecule has 0 saturated carbocycles. The third kappa shape index (κ3) is 1.84. The lowest BCUT2D eigenvalue weighted by atomic mass is 9.98. The monoisotopic (exact) mass is 232 g/mol. The number of carbonyl (C=O) groups excluding carboxylic acids is 1. The molecule has 4 heteroatoms. The maximum absolute atomic E-state index is 12.3. The van der Waals surface area contributed by atoms with Crippen LogP contribution in [0.15, 0.2) is 34.2 Å². The number of carbonyl (C=O) groups is 1. The molecule has 0 aromatic carbocycles. The molecular weight excluding hydrogens is 216 g/mol. The number of amides is 1. The molecular formula is C13H16N2O2. The van der Waals surface area contributed by atoms with E-state index in [0.717, 1.165) is 25.9 Å². The molecule has 4 nitrogen and oxygen atoms in total. The second kappa shape index (κ2) is 4.28. The van der Waals surface area contributed by atoms with Crippen molar-refractivity contribution in [3.63, 3.8) is 0 Å². The number of nitrogens with one attached hydrogen (secondary N) is 1. The number of allylic oxidation sites excluding steroid dienone is 2. The zero-order chi connectivity index (χ0) is 11.7. The fraction of sp³-hybridized carbons (Fsp3) is 0.462. The second-order valence-electron chi connectivity index (χ2n) is 4.49. The van der Waals surface area contributed by atoms with Crippen LogP contribution in [0.5, 0.6) is 0 Å². The molecule has 90 valence electrons. The zero-order valence-electron chi connectivity index (χ0n) is 9.74. The maximum atomic E-state index is 12.3. The van der Waals surface area contributed by atoms with Crippen LogP contribution in [0.1, 0.15) is 36.2 Å². The lowest BCUT2D eigenvalue weighted by Crippen LogP contribution is -2.43. The highest BCUT2D eigenvalue weighted by Gasteiger charge is 2.28. The molecule has 0 atom stereocenters. The standard InChI is InChI=1S/C13H16N2O2/c16-13(12-6-3-9-17-12)15-8-7-14-10-4-1-2-5-11(10)15/h3,6,9,14H,1-2,4-5,7-8H2. The van der Waals surface area contributed by atoms with E-state index in [1.165, 1.54) is 24.2 Å². The summed E-state index contributed by atoms with van der Waals surface area (Å²) in [6.45, 7) is 1.57. The average molecular weight is 232 g/mol. The zero-order valence-corrected chi connectivity index (χ0v) is 9.74. The van der Waals surface area contributed by atoms with E-state index in [0.29, 0.717) is 5.76 Å². The molecule has 17 heavy (non-hydrogen) atoms. The summed E-state index contributed by atoms with van der Waals surface area (Å²) in [6.07, 6.45) is 5.99. The molecule has 0 fully saturated rings. The maximum Gasteiger partial charge on any atom is 0.293 e. The Hall–Kier alpha value is -1.71. The first-order valence-corrected chi connectivity index (χ1v) is 6.17. The predicted molar refractivity (Wildman–Crippen MR) is 63.2 cm³/mol. The lowest BCUT2D eigenvalue weighted by Gasteiger charge is -2.35. The third-order valence-corrected chi connectivity index (χ3v) is 3.42. The van der Waals surface area contributed by atoms with Crippen LogP contribution in [0.2, 0.25) is 0 Å². The van der Waals surface area contributed by atoms with Crippen molar-refractivity contribution in [1.29, 1.82) is 0 Å². The molecule has 1 aliphatic heterocycles. The minimum Gasteiger partial charge on any atom is -0.459 e. The van der Waals surface area contributed by atoms with Gasteiger partial charge in [0, 0.05) is 24.5 Å². The fourth-order valence-electron chi connectivity index (χ4n) is 2.59. The van der Waals surface area contributed by atoms with E-state index in [1.54, 1.807) is 18.4 Å². The number of furan rings is 1. The first-order chi connectivity index (χ1) is 8.36. The van der Waals surface area contributed by atoms with Gasteiger partial charge in [0.25, 0.3) is 5.91 Å². The Labute approximate surface area is 100 Å². The van der Waals surface area contributed by atoms with E-state index in [4.69, 9.17) is 4.42 Å². The van der Waals surface area contributed by atoms with Crippen molar-refractivity contribution in [2.45, 2.75) is 25.7 Å². The number of hydrogen-bond acceptors (Lipinski definition) is 3.